The van der Waals surface area contributed by atoms with Gasteiger partial charge >= 0.3 is 12.1 Å². The topological polar surface area (TPSA) is 88.5 Å². The minimum atomic E-state index is -4.41. The number of rotatable bonds is 9. The van der Waals surface area contributed by atoms with E-state index < -0.39 is 23.8 Å². The maximum atomic E-state index is 13.0. The van der Waals surface area contributed by atoms with Crippen LogP contribution >= 0.6 is 0 Å². The molecule has 4 aromatic rings. The van der Waals surface area contributed by atoms with Gasteiger partial charge in [0.05, 0.1) is 17.7 Å². The van der Waals surface area contributed by atoms with Crippen molar-refractivity contribution in [3.63, 3.8) is 0 Å². The molecule has 218 valence electrons. The van der Waals surface area contributed by atoms with Gasteiger partial charge in [0.25, 0.3) is 5.91 Å². The molecule has 6 nitrogen and oxygen atoms in total. The molecule has 1 amide bonds. The molecule has 3 aromatic carbocycles. The smallest absolute Gasteiger partial charge is 0.416 e. The third-order valence-corrected chi connectivity index (χ3v) is 6.67. The summed E-state index contributed by atoms with van der Waals surface area (Å²) in [7, 11) is 0. The van der Waals surface area contributed by atoms with Crippen LogP contribution in [0.5, 0.6) is 5.75 Å². The maximum Gasteiger partial charge on any atom is 0.416 e. The zero-order valence-electron chi connectivity index (χ0n) is 23.4. The van der Waals surface area contributed by atoms with E-state index in [0.717, 1.165) is 28.8 Å². The Bertz CT molecular complexity index is 1510. The number of aliphatic carboxylic acids is 1. The van der Waals surface area contributed by atoms with Gasteiger partial charge in [0.15, 0.2) is 6.10 Å². The monoisotopic (exact) mass is 576 g/mol. The molecule has 0 spiro atoms. The highest BCUT2D eigenvalue weighted by Gasteiger charge is 2.30. The Morgan fingerprint density at radius 2 is 1.43 bits per heavy atom. The average Bonchev–Trinajstić information content (AvgIpc) is 2.95. The number of nitrogens with one attached hydrogen (secondary N) is 1. The molecule has 0 saturated carbocycles. The highest BCUT2D eigenvalue weighted by atomic mass is 19.4. The van der Waals surface area contributed by atoms with Crippen LogP contribution in [0.25, 0.3) is 11.3 Å². The first kappa shape index (κ1) is 30.3. The van der Waals surface area contributed by atoms with E-state index in [9.17, 15) is 22.8 Å². The van der Waals surface area contributed by atoms with Gasteiger partial charge in [-0.25, -0.2) is 0 Å². The van der Waals surface area contributed by atoms with E-state index in [1.807, 2.05) is 30.3 Å². The first-order valence-electron chi connectivity index (χ1n) is 13.3. The van der Waals surface area contributed by atoms with Crippen molar-refractivity contribution in [2.75, 3.05) is 6.54 Å². The predicted octanol–water partition coefficient (Wildman–Crippen LogP) is 7.44. The number of pyridine rings is 1. The molecular weight excluding hydrogens is 545 g/mol. The van der Waals surface area contributed by atoms with Crippen LogP contribution in [0.2, 0.25) is 0 Å². The van der Waals surface area contributed by atoms with E-state index in [1.165, 1.54) is 12.1 Å². The van der Waals surface area contributed by atoms with Gasteiger partial charge in [0, 0.05) is 29.4 Å². The van der Waals surface area contributed by atoms with E-state index in [0.29, 0.717) is 22.6 Å². The number of carboxylic acids is 1. The molecule has 1 unspecified atom stereocenters. The highest BCUT2D eigenvalue weighted by molar-refractivity contribution is 5.94. The molecule has 0 radical (unpaired) electrons. The fourth-order valence-corrected chi connectivity index (χ4v) is 4.25. The lowest BCUT2D eigenvalue weighted by Crippen LogP contribution is -2.25. The Hall–Kier alpha value is -4.66. The van der Waals surface area contributed by atoms with Crippen LogP contribution in [-0.4, -0.2) is 28.5 Å². The van der Waals surface area contributed by atoms with Gasteiger partial charge in [-0.15, -0.1) is 0 Å². The first-order chi connectivity index (χ1) is 19.8. The summed E-state index contributed by atoms with van der Waals surface area (Å²) in [5, 5.41) is 11.3. The van der Waals surface area contributed by atoms with Gasteiger partial charge in [-0.3, -0.25) is 14.6 Å². The zero-order valence-corrected chi connectivity index (χ0v) is 23.4. The van der Waals surface area contributed by atoms with Gasteiger partial charge in [-0.2, -0.15) is 13.2 Å². The lowest BCUT2D eigenvalue weighted by Gasteiger charge is -2.23. The molecule has 0 bridgehead atoms. The standard InChI is InChI=1S/C33H31F3N2O4/c1-32(2,3)25-11-6-22(7-12-25)30(42-27-15-8-23(9-16-27)31(41)37-19-18-29(39)40)24-10-17-28(38-20-24)21-4-13-26(14-5-21)33(34,35)36/h4-17,20,30H,18-19H2,1-3H3,(H,37,41)(H,39,40). The Labute approximate surface area is 242 Å². The fraction of sp³-hybridized carbons (Fsp3) is 0.242. The lowest BCUT2D eigenvalue weighted by atomic mass is 9.86. The summed E-state index contributed by atoms with van der Waals surface area (Å²) in [5.41, 5.74) is 3.42. The maximum absolute atomic E-state index is 13.0. The second-order valence-electron chi connectivity index (χ2n) is 10.8. The number of ether oxygens (including phenoxy) is 1. The van der Waals surface area contributed by atoms with Crippen molar-refractivity contribution in [2.24, 2.45) is 0 Å². The van der Waals surface area contributed by atoms with Crippen LogP contribution in [0.3, 0.4) is 0 Å². The summed E-state index contributed by atoms with van der Waals surface area (Å²) >= 11 is 0. The normalized spacial score (nSPS) is 12.4. The third-order valence-electron chi connectivity index (χ3n) is 6.67. The van der Waals surface area contributed by atoms with Crippen LogP contribution in [0, 0.1) is 0 Å². The minimum Gasteiger partial charge on any atom is -0.481 e. The van der Waals surface area contributed by atoms with Crippen LogP contribution in [0.4, 0.5) is 13.2 Å². The Morgan fingerprint density at radius 3 is 1.95 bits per heavy atom. The number of hydrogen-bond donors (Lipinski definition) is 2. The van der Waals surface area contributed by atoms with Gasteiger partial charge in [0.2, 0.25) is 0 Å². The van der Waals surface area contributed by atoms with Gasteiger partial charge in [0.1, 0.15) is 5.75 Å². The number of carboxylic acid groups (broad SMARTS) is 1. The van der Waals surface area contributed by atoms with Crippen LogP contribution in [-0.2, 0) is 16.4 Å². The molecule has 4 rings (SSSR count). The van der Waals surface area contributed by atoms with E-state index in [-0.39, 0.29) is 24.3 Å². The number of aromatic nitrogens is 1. The Balaban J connectivity index is 1.59. The number of hydrogen-bond acceptors (Lipinski definition) is 4. The number of benzene rings is 3. The molecule has 9 heteroatoms. The van der Waals surface area contributed by atoms with Gasteiger partial charge in [-0.05, 0) is 59.0 Å². The number of halogens is 3. The van der Waals surface area contributed by atoms with E-state index in [2.05, 4.69) is 31.1 Å². The largest absolute Gasteiger partial charge is 0.481 e. The van der Waals surface area contributed by atoms with Crippen LogP contribution in [0.15, 0.2) is 91.1 Å². The molecule has 0 saturated heterocycles. The number of carbonyl (C=O) groups is 2. The van der Waals surface area contributed by atoms with Crippen LogP contribution < -0.4 is 10.1 Å². The summed E-state index contributed by atoms with van der Waals surface area (Å²) in [6, 6.07) is 23.0. The summed E-state index contributed by atoms with van der Waals surface area (Å²) in [6.07, 6.45) is -3.51. The fourth-order valence-electron chi connectivity index (χ4n) is 4.25. The van der Waals surface area contributed by atoms with Crippen molar-refractivity contribution in [1.29, 1.82) is 0 Å². The Kier molecular flexibility index (Phi) is 8.99. The summed E-state index contributed by atoms with van der Waals surface area (Å²) in [5.74, 6) is -0.892. The second-order valence-corrected chi connectivity index (χ2v) is 10.8. The summed E-state index contributed by atoms with van der Waals surface area (Å²) < 4.78 is 45.3. The van der Waals surface area contributed by atoms with Gasteiger partial charge < -0.3 is 15.2 Å². The molecule has 0 aliphatic carbocycles. The first-order valence-corrected chi connectivity index (χ1v) is 13.3. The molecule has 1 heterocycles. The summed E-state index contributed by atoms with van der Waals surface area (Å²) in [6.45, 7) is 6.40. The number of alkyl halides is 3. The van der Waals surface area contributed by atoms with Gasteiger partial charge in [-0.1, -0.05) is 63.2 Å². The quantitative estimate of drug-likeness (QED) is 0.216. The molecule has 1 atom stereocenters. The third kappa shape index (κ3) is 7.75. The van der Waals surface area contributed by atoms with Crippen molar-refractivity contribution in [1.82, 2.24) is 10.3 Å². The highest BCUT2D eigenvalue weighted by Crippen LogP contribution is 2.33. The number of amides is 1. The average molecular weight is 577 g/mol. The SMILES string of the molecule is CC(C)(C)c1ccc(C(Oc2ccc(C(=O)NCCC(=O)O)cc2)c2ccc(-c3ccc(C(F)(F)F)cc3)nc2)cc1. The van der Waals surface area contributed by atoms with Crippen LogP contribution in [0.1, 0.15) is 65.9 Å². The van der Waals surface area contributed by atoms with E-state index >= 15 is 0 Å². The van der Waals surface area contributed by atoms with Crippen molar-refractivity contribution >= 4 is 11.9 Å². The molecule has 42 heavy (non-hydrogen) atoms. The minimum absolute atomic E-state index is 0.0223. The van der Waals surface area contributed by atoms with E-state index in [1.54, 1.807) is 36.5 Å². The second kappa shape index (κ2) is 12.5. The predicted molar refractivity (Wildman–Crippen MR) is 153 cm³/mol. The molecule has 0 aliphatic rings. The number of nitrogens with zero attached hydrogens (tertiary/aromatic N) is 1. The summed E-state index contributed by atoms with van der Waals surface area (Å²) in [4.78, 5) is 27.5. The zero-order chi connectivity index (χ0) is 30.5. The molecule has 2 N–H and O–H groups in total. The van der Waals surface area contributed by atoms with Crippen molar-refractivity contribution in [2.45, 2.75) is 44.9 Å². The molecule has 0 aliphatic heterocycles. The molecule has 0 fully saturated rings. The van der Waals surface area contributed by atoms with Crippen molar-refractivity contribution in [3.8, 4) is 17.0 Å². The van der Waals surface area contributed by atoms with Crippen molar-refractivity contribution < 1.29 is 32.6 Å². The molecular formula is C33H31F3N2O4. The molecule has 1 aromatic heterocycles. The van der Waals surface area contributed by atoms with E-state index in [4.69, 9.17) is 9.84 Å². The Morgan fingerprint density at radius 1 is 0.833 bits per heavy atom. The van der Waals surface area contributed by atoms with Crippen molar-refractivity contribution in [3.05, 3.63) is 119 Å². The number of carbonyl (C=O) groups excluding carboxylic acids is 1. The lowest BCUT2D eigenvalue weighted by molar-refractivity contribution is -0.138.